The average Bonchev–Trinajstić information content (AvgIpc) is 3.20. The van der Waals surface area contributed by atoms with E-state index in [9.17, 15) is 13.2 Å². The summed E-state index contributed by atoms with van der Waals surface area (Å²) in [4.78, 5) is 12.3. The largest absolute Gasteiger partial charge is 0.495 e. The highest BCUT2D eigenvalue weighted by Gasteiger charge is 2.13. The molecule has 0 saturated carbocycles. The number of nitrogens with one attached hydrogen (secondary N) is 2. The number of hydrogen-bond donors (Lipinski definition) is 2. The van der Waals surface area contributed by atoms with Gasteiger partial charge in [-0.1, -0.05) is 30.3 Å². The van der Waals surface area contributed by atoms with E-state index in [2.05, 4.69) is 10.0 Å². The maximum Gasteiger partial charge on any atom is 0.248 e. The molecule has 8 heteroatoms. The molecular formula is C21H20N2O5S. The van der Waals surface area contributed by atoms with Gasteiger partial charge in [0.25, 0.3) is 0 Å². The Morgan fingerprint density at radius 1 is 1.03 bits per heavy atom. The molecule has 0 unspecified atom stereocenters. The summed E-state index contributed by atoms with van der Waals surface area (Å²) in [6.45, 7) is -0.00151. The highest BCUT2D eigenvalue weighted by molar-refractivity contribution is 7.89. The molecule has 29 heavy (non-hydrogen) atoms. The minimum absolute atomic E-state index is 0.00151. The Labute approximate surface area is 169 Å². The van der Waals surface area contributed by atoms with Crippen LogP contribution in [0.4, 0.5) is 5.69 Å². The number of carbonyl (C=O) groups excluding carboxylic acids is 1. The Bertz CT molecular complexity index is 1100. The van der Waals surface area contributed by atoms with E-state index in [0.717, 1.165) is 0 Å². The third-order valence-electron chi connectivity index (χ3n) is 3.94. The molecule has 0 bridgehead atoms. The van der Waals surface area contributed by atoms with Crippen LogP contribution in [-0.4, -0.2) is 21.4 Å². The normalized spacial score (nSPS) is 11.5. The van der Waals surface area contributed by atoms with Crippen molar-refractivity contribution in [2.24, 2.45) is 0 Å². The molecular weight excluding hydrogens is 392 g/mol. The molecule has 3 rings (SSSR count). The SMILES string of the molecule is COc1ccccc1NC(=O)/C=C/c1ccc(CNS(=O)(=O)c2ccccc2)o1. The van der Waals surface area contributed by atoms with E-state index in [0.29, 0.717) is 23.0 Å². The van der Waals surface area contributed by atoms with Crippen LogP contribution in [-0.2, 0) is 21.4 Å². The van der Waals surface area contributed by atoms with Crippen molar-refractivity contribution in [3.63, 3.8) is 0 Å². The number of amides is 1. The van der Waals surface area contributed by atoms with Crippen LogP contribution in [0.2, 0.25) is 0 Å². The molecule has 0 aliphatic rings. The smallest absolute Gasteiger partial charge is 0.248 e. The zero-order valence-electron chi connectivity index (χ0n) is 15.7. The lowest BCUT2D eigenvalue weighted by atomic mass is 10.3. The zero-order chi connectivity index (χ0) is 20.7. The molecule has 1 heterocycles. The predicted octanol–water partition coefficient (Wildman–Crippen LogP) is 3.42. The summed E-state index contributed by atoms with van der Waals surface area (Å²) < 4.78 is 37.7. The first-order valence-electron chi connectivity index (χ1n) is 8.73. The van der Waals surface area contributed by atoms with Gasteiger partial charge >= 0.3 is 0 Å². The Balaban J connectivity index is 1.58. The molecule has 1 aromatic heterocycles. The van der Waals surface area contributed by atoms with Crippen LogP contribution in [0.3, 0.4) is 0 Å². The third kappa shape index (κ3) is 5.56. The van der Waals surface area contributed by atoms with E-state index < -0.39 is 10.0 Å². The van der Waals surface area contributed by atoms with Gasteiger partial charge in [-0.25, -0.2) is 13.1 Å². The molecule has 1 amide bonds. The molecule has 7 nitrogen and oxygen atoms in total. The lowest BCUT2D eigenvalue weighted by molar-refractivity contribution is -0.111. The third-order valence-corrected chi connectivity index (χ3v) is 5.35. The van der Waals surface area contributed by atoms with Crippen LogP contribution in [0.25, 0.3) is 6.08 Å². The molecule has 150 valence electrons. The van der Waals surface area contributed by atoms with Gasteiger partial charge < -0.3 is 14.5 Å². The van der Waals surface area contributed by atoms with Gasteiger partial charge in [-0.3, -0.25) is 4.79 Å². The summed E-state index contributed by atoms with van der Waals surface area (Å²) in [5.41, 5.74) is 0.556. The molecule has 2 N–H and O–H groups in total. The van der Waals surface area contributed by atoms with Gasteiger partial charge in [-0.2, -0.15) is 0 Å². The predicted molar refractivity (Wildman–Crippen MR) is 110 cm³/mol. The number of methoxy groups -OCH3 is 1. The zero-order valence-corrected chi connectivity index (χ0v) is 16.5. The van der Waals surface area contributed by atoms with Gasteiger partial charge in [0.05, 0.1) is 24.2 Å². The number of ether oxygens (including phenoxy) is 1. The summed E-state index contributed by atoms with van der Waals surface area (Å²) in [5, 5.41) is 2.72. The van der Waals surface area contributed by atoms with Crippen LogP contribution in [0, 0.1) is 0 Å². The number of furan rings is 1. The van der Waals surface area contributed by atoms with E-state index in [1.807, 2.05) is 0 Å². The number of sulfonamides is 1. The van der Waals surface area contributed by atoms with Crippen LogP contribution < -0.4 is 14.8 Å². The van der Waals surface area contributed by atoms with Crippen molar-refractivity contribution in [2.75, 3.05) is 12.4 Å². The van der Waals surface area contributed by atoms with Crippen molar-refractivity contribution >= 4 is 27.7 Å². The monoisotopic (exact) mass is 412 g/mol. The average molecular weight is 412 g/mol. The standard InChI is InChI=1S/C21H20N2O5S/c1-27-20-10-6-5-9-19(20)23-21(24)14-13-16-11-12-17(28-16)15-22-29(25,26)18-7-3-2-4-8-18/h2-14,22H,15H2,1H3,(H,23,24)/b14-13+. The van der Waals surface area contributed by atoms with E-state index in [-0.39, 0.29) is 17.3 Å². The van der Waals surface area contributed by atoms with Gasteiger partial charge in [-0.05, 0) is 42.5 Å². The van der Waals surface area contributed by atoms with E-state index in [1.165, 1.54) is 31.4 Å². The van der Waals surface area contributed by atoms with E-state index in [1.54, 1.807) is 54.6 Å². The highest BCUT2D eigenvalue weighted by atomic mass is 32.2. The summed E-state index contributed by atoms with van der Waals surface area (Å²) >= 11 is 0. The van der Waals surface area contributed by atoms with Crippen molar-refractivity contribution in [3.8, 4) is 5.75 Å². The first-order valence-corrected chi connectivity index (χ1v) is 10.2. The molecule has 0 saturated heterocycles. The lowest BCUT2D eigenvalue weighted by Gasteiger charge is -2.07. The van der Waals surface area contributed by atoms with Gasteiger partial charge in [0.1, 0.15) is 17.3 Å². The van der Waals surface area contributed by atoms with Crippen molar-refractivity contribution in [3.05, 3.63) is 84.3 Å². The second-order valence-corrected chi connectivity index (χ2v) is 7.73. The fourth-order valence-corrected chi connectivity index (χ4v) is 3.52. The summed E-state index contributed by atoms with van der Waals surface area (Å²) in [5.74, 6) is 1.06. The molecule has 0 radical (unpaired) electrons. The van der Waals surface area contributed by atoms with Crippen LogP contribution in [0.5, 0.6) is 5.75 Å². The fourth-order valence-electron chi connectivity index (χ4n) is 2.51. The maximum atomic E-state index is 12.2. The first-order chi connectivity index (χ1) is 14.0. The van der Waals surface area contributed by atoms with Crippen LogP contribution >= 0.6 is 0 Å². The van der Waals surface area contributed by atoms with Gasteiger partial charge in [0.2, 0.25) is 15.9 Å². The Morgan fingerprint density at radius 3 is 2.52 bits per heavy atom. The second-order valence-electron chi connectivity index (χ2n) is 5.96. The number of rotatable bonds is 8. The molecule has 2 aromatic carbocycles. The first kappa shape index (κ1) is 20.4. The van der Waals surface area contributed by atoms with Crippen LogP contribution in [0.1, 0.15) is 11.5 Å². The van der Waals surface area contributed by atoms with Crippen molar-refractivity contribution < 1.29 is 22.4 Å². The van der Waals surface area contributed by atoms with Gasteiger partial charge in [0, 0.05) is 6.08 Å². The number of hydrogen-bond acceptors (Lipinski definition) is 5. The van der Waals surface area contributed by atoms with Crippen molar-refractivity contribution in [1.29, 1.82) is 0 Å². The molecule has 0 spiro atoms. The Hall–Kier alpha value is -3.36. The summed E-state index contributed by atoms with van der Waals surface area (Å²) in [6.07, 6.45) is 2.82. The highest BCUT2D eigenvalue weighted by Crippen LogP contribution is 2.23. The minimum Gasteiger partial charge on any atom is -0.495 e. The Morgan fingerprint density at radius 2 is 1.76 bits per heavy atom. The quantitative estimate of drug-likeness (QED) is 0.553. The second kappa shape index (κ2) is 9.22. The van der Waals surface area contributed by atoms with E-state index >= 15 is 0 Å². The molecule has 0 fully saturated rings. The number of para-hydroxylation sites is 2. The fraction of sp³-hybridized carbons (Fsp3) is 0.0952. The minimum atomic E-state index is -3.62. The van der Waals surface area contributed by atoms with Crippen LogP contribution in [0.15, 0.2) is 82.1 Å². The summed E-state index contributed by atoms with van der Waals surface area (Å²) in [6, 6.07) is 18.4. The van der Waals surface area contributed by atoms with E-state index in [4.69, 9.17) is 9.15 Å². The van der Waals surface area contributed by atoms with Gasteiger partial charge in [-0.15, -0.1) is 0 Å². The van der Waals surface area contributed by atoms with Crippen molar-refractivity contribution in [1.82, 2.24) is 4.72 Å². The van der Waals surface area contributed by atoms with Gasteiger partial charge in [0.15, 0.2) is 0 Å². The number of benzene rings is 2. The maximum absolute atomic E-state index is 12.2. The summed E-state index contributed by atoms with van der Waals surface area (Å²) in [7, 11) is -2.10. The molecule has 0 aliphatic heterocycles. The number of carbonyl (C=O) groups is 1. The molecule has 3 aromatic rings. The lowest BCUT2D eigenvalue weighted by Crippen LogP contribution is -2.22. The van der Waals surface area contributed by atoms with Crippen molar-refractivity contribution in [2.45, 2.75) is 11.4 Å². The topological polar surface area (TPSA) is 97.6 Å². The number of anilines is 1. The Kier molecular flexibility index (Phi) is 6.48. The molecule has 0 atom stereocenters. The molecule has 0 aliphatic carbocycles.